The third-order valence-corrected chi connectivity index (χ3v) is 3.85. The first-order chi connectivity index (χ1) is 8.29. The fourth-order valence-corrected chi connectivity index (χ4v) is 2.88. The Morgan fingerprint density at radius 3 is 2.94 bits per heavy atom. The average Bonchev–Trinajstić information content (AvgIpc) is 2.93. The van der Waals surface area contributed by atoms with Crippen LogP contribution in [-0.4, -0.2) is 35.7 Å². The first-order valence-corrected chi connectivity index (χ1v) is 6.76. The Balaban J connectivity index is 1.86. The summed E-state index contributed by atoms with van der Waals surface area (Å²) in [7, 11) is 2.04. The van der Waals surface area contributed by atoms with Gasteiger partial charge < -0.3 is 14.8 Å². The van der Waals surface area contributed by atoms with E-state index in [2.05, 4.69) is 27.9 Å². The molecule has 2 aliphatic rings. The number of hydrogen-bond donors (Lipinski definition) is 1. The Hall–Kier alpha value is -1.03. The molecule has 0 radical (unpaired) electrons. The molecule has 1 aliphatic carbocycles. The SMILES string of the molecule is CNCC1CCCN1c1nc(C)cn1C1CC1. The molecule has 0 bridgehead atoms. The molecule has 0 spiro atoms. The zero-order valence-corrected chi connectivity index (χ0v) is 10.8. The van der Waals surface area contributed by atoms with E-state index in [4.69, 9.17) is 4.98 Å². The summed E-state index contributed by atoms with van der Waals surface area (Å²) >= 11 is 0. The van der Waals surface area contributed by atoms with Crippen LogP contribution in [-0.2, 0) is 0 Å². The van der Waals surface area contributed by atoms with E-state index < -0.39 is 0 Å². The quantitative estimate of drug-likeness (QED) is 0.861. The van der Waals surface area contributed by atoms with Gasteiger partial charge in [-0.1, -0.05) is 0 Å². The van der Waals surface area contributed by atoms with Gasteiger partial charge in [-0.05, 0) is 39.7 Å². The molecule has 1 saturated carbocycles. The summed E-state index contributed by atoms with van der Waals surface area (Å²) in [6, 6.07) is 1.35. The van der Waals surface area contributed by atoms with Gasteiger partial charge in [0.1, 0.15) is 0 Å². The number of aryl methyl sites for hydroxylation is 1. The molecule has 1 unspecified atom stereocenters. The van der Waals surface area contributed by atoms with Gasteiger partial charge >= 0.3 is 0 Å². The summed E-state index contributed by atoms with van der Waals surface area (Å²) in [4.78, 5) is 7.25. The van der Waals surface area contributed by atoms with E-state index in [9.17, 15) is 0 Å². The Kier molecular flexibility index (Phi) is 2.82. The van der Waals surface area contributed by atoms with Crippen LogP contribution in [0.1, 0.15) is 37.4 Å². The van der Waals surface area contributed by atoms with Crippen LogP contribution in [0.4, 0.5) is 5.95 Å². The molecule has 4 nitrogen and oxygen atoms in total. The average molecular weight is 234 g/mol. The molecule has 2 heterocycles. The van der Waals surface area contributed by atoms with E-state index >= 15 is 0 Å². The lowest BCUT2D eigenvalue weighted by molar-refractivity contribution is 0.592. The standard InChI is InChI=1S/C13H22N4/c1-10-9-17(11-5-6-11)13(15-10)16-7-3-4-12(16)8-14-2/h9,11-12,14H,3-8H2,1-2H3. The lowest BCUT2D eigenvalue weighted by Crippen LogP contribution is -2.38. The highest BCUT2D eigenvalue weighted by Gasteiger charge is 2.32. The number of likely N-dealkylation sites (N-methyl/N-ethyl adjacent to an activating group) is 1. The first kappa shape index (κ1) is 11.1. The van der Waals surface area contributed by atoms with Crippen molar-refractivity contribution in [3.8, 4) is 0 Å². The predicted octanol–water partition coefficient (Wildman–Crippen LogP) is 1.71. The molecule has 1 atom stereocenters. The van der Waals surface area contributed by atoms with Crippen LogP contribution in [0.2, 0.25) is 0 Å². The summed E-state index contributed by atoms with van der Waals surface area (Å²) in [6.07, 6.45) is 7.46. The zero-order chi connectivity index (χ0) is 11.8. The summed E-state index contributed by atoms with van der Waals surface area (Å²) in [5.41, 5.74) is 1.15. The van der Waals surface area contributed by atoms with Crippen LogP contribution in [0.3, 0.4) is 0 Å². The van der Waals surface area contributed by atoms with Crippen molar-refractivity contribution in [2.45, 2.75) is 44.7 Å². The van der Waals surface area contributed by atoms with Gasteiger partial charge in [-0.2, -0.15) is 0 Å². The molecule has 0 amide bonds. The van der Waals surface area contributed by atoms with Crippen molar-refractivity contribution in [3.05, 3.63) is 11.9 Å². The minimum Gasteiger partial charge on any atom is -0.338 e. The number of hydrogen-bond acceptors (Lipinski definition) is 3. The maximum atomic E-state index is 4.75. The van der Waals surface area contributed by atoms with Crippen LogP contribution < -0.4 is 10.2 Å². The van der Waals surface area contributed by atoms with Gasteiger partial charge in [-0.25, -0.2) is 4.98 Å². The molecule has 0 aromatic carbocycles. The summed E-state index contributed by atoms with van der Waals surface area (Å²) in [6.45, 7) is 4.33. The van der Waals surface area contributed by atoms with Gasteiger partial charge in [-0.3, -0.25) is 0 Å². The van der Waals surface area contributed by atoms with E-state index in [0.29, 0.717) is 6.04 Å². The predicted molar refractivity (Wildman–Crippen MR) is 69.5 cm³/mol. The Morgan fingerprint density at radius 2 is 2.24 bits per heavy atom. The van der Waals surface area contributed by atoms with Gasteiger partial charge in [0.2, 0.25) is 5.95 Å². The topological polar surface area (TPSA) is 33.1 Å². The molecule has 1 aromatic rings. The second-order valence-corrected chi connectivity index (χ2v) is 5.37. The van der Waals surface area contributed by atoms with E-state index in [1.807, 2.05) is 7.05 Å². The maximum Gasteiger partial charge on any atom is 0.206 e. The van der Waals surface area contributed by atoms with Gasteiger partial charge in [0, 0.05) is 31.4 Å². The normalized spacial score (nSPS) is 24.6. The van der Waals surface area contributed by atoms with Crippen LogP contribution in [0, 0.1) is 6.92 Å². The van der Waals surface area contributed by atoms with Gasteiger partial charge in [0.15, 0.2) is 0 Å². The zero-order valence-electron chi connectivity index (χ0n) is 10.8. The van der Waals surface area contributed by atoms with E-state index in [1.165, 1.54) is 31.6 Å². The number of aromatic nitrogens is 2. The number of imidazole rings is 1. The molecular formula is C13H22N4. The highest BCUT2D eigenvalue weighted by Crippen LogP contribution is 2.39. The van der Waals surface area contributed by atoms with Gasteiger partial charge in [0.05, 0.1) is 5.69 Å². The highest BCUT2D eigenvalue weighted by molar-refractivity contribution is 5.38. The number of anilines is 1. The van der Waals surface area contributed by atoms with Crippen molar-refractivity contribution in [2.75, 3.05) is 25.0 Å². The smallest absolute Gasteiger partial charge is 0.206 e. The Morgan fingerprint density at radius 1 is 1.41 bits per heavy atom. The fraction of sp³-hybridized carbons (Fsp3) is 0.769. The van der Waals surface area contributed by atoms with Crippen molar-refractivity contribution in [2.24, 2.45) is 0 Å². The Labute approximate surface area is 103 Å². The molecule has 4 heteroatoms. The second-order valence-electron chi connectivity index (χ2n) is 5.37. The van der Waals surface area contributed by atoms with Gasteiger partial charge in [0.25, 0.3) is 0 Å². The van der Waals surface area contributed by atoms with Crippen LogP contribution in [0.15, 0.2) is 6.20 Å². The third kappa shape index (κ3) is 2.06. The minimum atomic E-state index is 0.624. The molecule has 3 rings (SSSR count). The number of nitrogens with one attached hydrogen (secondary N) is 1. The number of nitrogens with zero attached hydrogens (tertiary/aromatic N) is 3. The molecule has 1 saturated heterocycles. The highest BCUT2D eigenvalue weighted by atomic mass is 15.4. The molecule has 17 heavy (non-hydrogen) atoms. The van der Waals surface area contributed by atoms with Crippen molar-refractivity contribution in [1.29, 1.82) is 0 Å². The fourth-order valence-electron chi connectivity index (χ4n) is 2.88. The second kappa shape index (κ2) is 4.33. The van der Waals surface area contributed by atoms with Crippen molar-refractivity contribution >= 4 is 5.95 Å². The molecule has 2 fully saturated rings. The Bertz CT molecular complexity index is 394. The van der Waals surface area contributed by atoms with Crippen molar-refractivity contribution in [1.82, 2.24) is 14.9 Å². The maximum absolute atomic E-state index is 4.75. The van der Waals surface area contributed by atoms with Crippen LogP contribution in [0.5, 0.6) is 0 Å². The molecular weight excluding hydrogens is 212 g/mol. The van der Waals surface area contributed by atoms with E-state index in [0.717, 1.165) is 24.8 Å². The van der Waals surface area contributed by atoms with Crippen molar-refractivity contribution < 1.29 is 0 Å². The summed E-state index contributed by atoms with van der Waals surface area (Å²) < 4.78 is 2.41. The van der Waals surface area contributed by atoms with Gasteiger partial charge in [-0.15, -0.1) is 0 Å². The lowest BCUT2D eigenvalue weighted by atomic mass is 10.2. The monoisotopic (exact) mass is 234 g/mol. The molecule has 1 aliphatic heterocycles. The molecule has 1 aromatic heterocycles. The van der Waals surface area contributed by atoms with E-state index in [1.54, 1.807) is 0 Å². The molecule has 94 valence electrons. The summed E-state index contributed by atoms with van der Waals surface area (Å²) in [5.74, 6) is 1.21. The minimum absolute atomic E-state index is 0.624. The van der Waals surface area contributed by atoms with Crippen LogP contribution in [0.25, 0.3) is 0 Å². The lowest BCUT2D eigenvalue weighted by Gasteiger charge is -2.26. The number of rotatable bonds is 4. The largest absolute Gasteiger partial charge is 0.338 e. The van der Waals surface area contributed by atoms with E-state index in [-0.39, 0.29) is 0 Å². The first-order valence-electron chi connectivity index (χ1n) is 6.76. The van der Waals surface area contributed by atoms with Crippen molar-refractivity contribution in [3.63, 3.8) is 0 Å². The molecule has 1 N–H and O–H groups in total. The van der Waals surface area contributed by atoms with Crippen LogP contribution >= 0.6 is 0 Å². The summed E-state index contributed by atoms with van der Waals surface area (Å²) in [5, 5.41) is 3.30. The third-order valence-electron chi connectivity index (χ3n) is 3.85.